The van der Waals surface area contributed by atoms with E-state index in [-0.39, 0.29) is 17.9 Å². The highest BCUT2D eigenvalue weighted by atomic mass is 19.1. The standard InChI is InChI=1S/C16H15FN2O/c1-12-4-3-7-19(16(12)20)11-14-8-13(5-2-6-18)9-15(17)10-14/h3-4,7-10H,6,11,18H2,1H3. The van der Waals surface area contributed by atoms with E-state index in [1.165, 1.54) is 12.1 Å². The number of benzene rings is 1. The highest BCUT2D eigenvalue weighted by Crippen LogP contribution is 2.09. The number of nitrogens with zero attached hydrogens (tertiary/aromatic N) is 1. The fourth-order valence-corrected chi connectivity index (χ4v) is 1.94. The van der Waals surface area contributed by atoms with Crippen molar-refractivity contribution in [3.8, 4) is 11.8 Å². The molecule has 0 saturated heterocycles. The minimum absolute atomic E-state index is 0.0775. The van der Waals surface area contributed by atoms with Crippen molar-refractivity contribution in [2.45, 2.75) is 13.5 Å². The first-order valence-corrected chi connectivity index (χ1v) is 6.24. The summed E-state index contributed by atoms with van der Waals surface area (Å²) >= 11 is 0. The maximum Gasteiger partial charge on any atom is 0.253 e. The van der Waals surface area contributed by atoms with Gasteiger partial charge in [0.25, 0.3) is 5.56 Å². The van der Waals surface area contributed by atoms with Gasteiger partial charge < -0.3 is 10.3 Å². The predicted octanol–water partition coefficient (Wildman–Crippen LogP) is 1.65. The molecule has 0 saturated carbocycles. The fraction of sp³-hybridized carbons (Fsp3) is 0.188. The number of nitrogens with two attached hydrogens (primary N) is 1. The highest BCUT2D eigenvalue weighted by molar-refractivity contribution is 5.38. The normalized spacial score (nSPS) is 9.95. The summed E-state index contributed by atoms with van der Waals surface area (Å²) in [4.78, 5) is 11.9. The van der Waals surface area contributed by atoms with Crippen LogP contribution in [0.2, 0.25) is 0 Å². The number of halogens is 1. The monoisotopic (exact) mass is 270 g/mol. The largest absolute Gasteiger partial charge is 0.320 e. The summed E-state index contributed by atoms with van der Waals surface area (Å²) < 4.78 is 15.1. The molecule has 2 rings (SSSR count). The topological polar surface area (TPSA) is 48.0 Å². The molecule has 0 aliphatic rings. The summed E-state index contributed by atoms with van der Waals surface area (Å²) in [5, 5.41) is 0. The molecular weight excluding hydrogens is 255 g/mol. The van der Waals surface area contributed by atoms with Gasteiger partial charge in [-0.05, 0) is 36.8 Å². The van der Waals surface area contributed by atoms with E-state index in [2.05, 4.69) is 11.8 Å². The lowest BCUT2D eigenvalue weighted by Crippen LogP contribution is -2.21. The van der Waals surface area contributed by atoms with E-state index < -0.39 is 0 Å². The summed E-state index contributed by atoms with van der Waals surface area (Å²) in [6, 6.07) is 8.07. The van der Waals surface area contributed by atoms with Crippen LogP contribution < -0.4 is 11.3 Å². The molecule has 1 aromatic carbocycles. The lowest BCUT2D eigenvalue weighted by molar-refractivity contribution is 0.622. The molecule has 1 heterocycles. The average molecular weight is 270 g/mol. The van der Waals surface area contributed by atoms with Gasteiger partial charge in [-0.2, -0.15) is 0 Å². The van der Waals surface area contributed by atoms with Crippen LogP contribution in [-0.2, 0) is 6.54 Å². The molecule has 0 unspecified atom stereocenters. The van der Waals surface area contributed by atoms with E-state index in [4.69, 9.17) is 5.73 Å². The molecule has 0 bridgehead atoms. The van der Waals surface area contributed by atoms with Crippen LogP contribution in [-0.4, -0.2) is 11.1 Å². The lowest BCUT2D eigenvalue weighted by Gasteiger charge is -2.07. The van der Waals surface area contributed by atoms with Crippen molar-refractivity contribution in [2.24, 2.45) is 5.73 Å². The van der Waals surface area contributed by atoms with E-state index in [0.29, 0.717) is 23.2 Å². The van der Waals surface area contributed by atoms with Crippen LogP contribution >= 0.6 is 0 Å². The SMILES string of the molecule is Cc1cccn(Cc2cc(F)cc(C#CCN)c2)c1=O. The Balaban J connectivity index is 2.36. The van der Waals surface area contributed by atoms with E-state index in [1.54, 1.807) is 35.9 Å². The first kappa shape index (κ1) is 14.0. The van der Waals surface area contributed by atoms with Crippen molar-refractivity contribution in [3.63, 3.8) is 0 Å². The Hall–Kier alpha value is -2.38. The number of rotatable bonds is 2. The molecule has 0 amide bonds. The third kappa shape index (κ3) is 3.34. The summed E-state index contributed by atoms with van der Waals surface area (Å²) in [5.41, 5.74) is 7.14. The molecule has 0 spiro atoms. The summed E-state index contributed by atoms with van der Waals surface area (Å²) in [5.74, 6) is 5.11. The Morgan fingerprint density at radius 3 is 2.90 bits per heavy atom. The molecule has 0 aliphatic heterocycles. The van der Waals surface area contributed by atoms with Gasteiger partial charge in [0.15, 0.2) is 0 Å². The second kappa shape index (κ2) is 6.18. The number of hydrogen-bond acceptors (Lipinski definition) is 2. The zero-order chi connectivity index (χ0) is 14.5. The van der Waals surface area contributed by atoms with Crippen LogP contribution in [0.25, 0.3) is 0 Å². The number of aryl methyl sites for hydroxylation is 1. The second-order valence-electron chi connectivity index (χ2n) is 4.48. The molecule has 102 valence electrons. The van der Waals surface area contributed by atoms with Crippen molar-refractivity contribution in [1.82, 2.24) is 4.57 Å². The van der Waals surface area contributed by atoms with Gasteiger partial charge in [-0.3, -0.25) is 4.79 Å². The second-order valence-corrected chi connectivity index (χ2v) is 4.48. The smallest absolute Gasteiger partial charge is 0.253 e. The van der Waals surface area contributed by atoms with Crippen molar-refractivity contribution < 1.29 is 4.39 Å². The molecule has 0 aliphatic carbocycles. The van der Waals surface area contributed by atoms with E-state index in [9.17, 15) is 9.18 Å². The van der Waals surface area contributed by atoms with Gasteiger partial charge in [-0.15, -0.1) is 0 Å². The van der Waals surface area contributed by atoms with Gasteiger partial charge in [-0.1, -0.05) is 17.9 Å². The molecule has 2 aromatic rings. The van der Waals surface area contributed by atoms with E-state index in [1.807, 2.05) is 0 Å². The van der Waals surface area contributed by atoms with Gasteiger partial charge in [0, 0.05) is 17.3 Å². The third-order valence-corrected chi connectivity index (χ3v) is 2.86. The van der Waals surface area contributed by atoms with Gasteiger partial charge >= 0.3 is 0 Å². The third-order valence-electron chi connectivity index (χ3n) is 2.86. The van der Waals surface area contributed by atoms with Gasteiger partial charge in [-0.25, -0.2) is 4.39 Å². The average Bonchev–Trinajstić information content (AvgIpc) is 2.41. The van der Waals surface area contributed by atoms with Crippen LogP contribution in [0.3, 0.4) is 0 Å². The summed E-state index contributed by atoms with van der Waals surface area (Å²) in [7, 11) is 0. The van der Waals surface area contributed by atoms with Crippen LogP contribution in [0.4, 0.5) is 4.39 Å². The maximum absolute atomic E-state index is 13.6. The van der Waals surface area contributed by atoms with Crippen molar-refractivity contribution in [1.29, 1.82) is 0 Å². The fourth-order valence-electron chi connectivity index (χ4n) is 1.94. The summed E-state index contributed by atoms with van der Waals surface area (Å²) in [6.07, 6.45) is 1.69. The lowest BCUT2D eigenvalue weighted by atomic mass is 10.1. The van der Waals surface area contributed by atoms with E-state index >= 15 is 0 Å². The summed E-state index contributed by atoms with van der Waals surface area (Å²) in [6.45, 7) is 2.29. The first-order valence-electron chi connectivity index (χ1n) is 6.24. The molecule has 0 atom stereocenters. The van der Waals surface area contributed by atoms with Crippen LogP contribution in [0.15, 0.2) is 41.3 Å². The van der Waals surface area contributed by atoms with Crippen molar-refractivity contribution in [2.75, 3.05) is 6.54 Å². The highest BCUT2D eigenvalue weighted by Gasteiger charge is 2.03. The molecule has 2 N–H and O–H groups in total. The van der Waals surface area contributed by atoms with Crippen molar-refractivity contribution in [3.05, 3.63) is 69.4 Å². The number of pyridine rings is 1. The van der Waals surface area contributed by atoms with Crippen LogP contribution in [0, 0.1) is 24.6 Å². The Morgan fingerprint density at radius 1 is 1.35 bits per heavy atom. The van der Waals surface area contributed by atoms with Crippen molar-refractivity contribution >= 4 is 0 Å². The van der Waals surface area contributed by atoms with Crippen LogP contribution in [0.5, 0.6) is 0 Å². The van der Waals surface area contributed by atoms with E-state index in [0.717, 1.165) is 0 Å². The number of aromatic nitrogens is 1. The molecule has 20 heavy (non-hydrogen) atoms. The Morgan fingerprint density at radius 2 is 2.15 bits per heavy atom. The molecule has 0 radical (unpaired) electrons. The quantitative estimate of drug-likeness (QED) is 0.844. The first-order chi connectivity index (χ1) is 9.60. The Kier molecular flexibility index (Phi) is 4.34. The Labute approximate surface area is 116 Å². The van der Waals surface area contributed by atoms with Gasteiger partial charge in [0.05, 0.1) is 13.1 Å². The molecule has 0 fully saturated rings. The van der Waals surface area contributed by atoms with Gasteiger partial charge in [0.2, 0.25) is 0 Å². The molecular formula is C16H15FN2O. The predicted molar refractivity (Wildman–Crippen MR) is 76.9 cm³/mol. The zero-order valence-corrected chi connectivity index (χ0v) is 11.2. The van der Waals surface area contributed by atoms with Crippen LogP contribution in [0.1, 0.15) is 16.7 Å². The minimum atomic E-state index is -0.371. The number of hydrogen-bond donors (Lipinski definition) is 1. The molecule has 4 heteroatoms. The molecule has 3 nitrogen and oxygen atoms in total. The zero-order valence-electron chi connectivity index (χ0n) is 11.2. The van der Waals surface area contributed by atoms with Gasteiger partial charge in [0.1, 0.15) is 5.82 Å². The Bertz CT molecular complexity index is 738. The molecule has 1 aromatic heterocycles. The maximum atomic E-state index is 13.6. The minimum Gasteiger partial charge on any atom is -0.320 e.